The van der Waals surface area contributed by atoms with Gasteiger partial charge in [0.1, 0.15) is 17.7 Å². The summed E-state index contributed by atoms with van der Waals surface area (Å²) in [5.74, 6) is -4.52. The average Bonchev–Trinajstić information content (AvgIpc) is 3.64. The summed E-state index contributed by atoms with van der Waals surface area (Å²) < 4.78 is 58.6. The normalized spacial score (nSPS) is 26.6. The van der Waals surface area contributed by atoms with Crippen molar-refractivity contribution in [3.05, 3.63) is 59.2 Å². The number of halogens is 4. The summed E-state index contributed by atoms with van der Waals surface area (Å²) in [4.78, 5) is 15.5. The molecule has 2 heterocycles. The van der Waals surface area contributed by atoms with E-state index in [1.807, 2.05) is 12.1 Å². The Kier molecular flexibility index (Phi) is 7.21. The highest BCUT2D eigenvalue weighted by Gasteiger charge is 2.51. The first-order valence-electron chi connectivity index (χ1n) is 14.5. The van der Waals surface area contributed by atoms with E-state index < -0.39 is 29.5 Å². The van der Waals surface area contributed by atoms with Gasteiger partial charge in [0.25, 0.3) is 5.92 Å². The minimum atomic E-state index is -2.97. The fraction of sp³-hybridized carbons (Fsp3) is 0.581. The first-order valence-corrected chi connectivity index (χ1v) is 14.5. The Morgan fingerprint density at radius 1 is 0.974 bits per heavy atom. The highest BCUT2D eigenvalue weighted by molar-refractivity contribution is 5.81. The third kappa shape index (κ3) is 5.60. The largest absolute Gasteiger partial charge is 0.345 e. The Morgan fingerprint density at radius 2 is 1.72 bits per heavy atom. The number of carbonyl (C=O) groups excluding carboxylic acids is 1. The van der Waals surface area contributed by atoms with Crippen LogP contribution in [0.5, 0.6) is 0 Å². The Labute approximate surface area is 227 Å². The molecule has 2 saturated heterocycles. The maximum Gasteiger partial charge on any atom is 0.269 e. The monoisotopic (exact) mass is 543 g/mol. The van der Waals surface area contributed by atoms with E-state index in [9.17, 15) is 13.6 Å². The number of hydrogen-bond donors (Lipinski definition) is 2. The molecule has 4 aliphatic rings. The van der Waals surface area contributed by atoms with Crippen LogP contribution >= 0.6 is 0 Å². The number of benzene rings is 2. The molecule has 4 fully saturated rings. The number of likely N-dealkylation sites (tertiary alicyclic amines) is 1. The molecule has 0 bridgehead atoms. The van der Waals surface area contributed by atoms with Crippen LogP contribution < -0.4 is 10.6 Å². The minimum Gasteiger partial charge on any atom is -0.345 e. The quantitative estimate of drug-likeness (QED) is 0.443. The lowest BCUT2D eigenvalue weighted by Crippen LogP contribution is -2.64. The smallest absolute Gasteiger partial charge is 0.269 e. The molecule has 8 heteroatoms. The molecule has 2 aliphatic heterocycles. The van der Waals surface area contributed by atoms with Crippen molar-refractivity contribution >= 4 is 5.91 Å². The van der Waals surface area contributed by atoms with Crippen molar-refractivity contribution in [1.82, 2.24) is 15.5 Å². The van der Waals surface area contributed by atoms with Gasteiger partial charge in [0.05, 0.1) is 6.42 Å². The lowest BCUT2D eigenvalue weighted by molar-refractivity contribution is -0.133. The van der Waals surface area contributed by atoms with Gasteiger partial charge in [-0.15, -0.1) is 0 Å². The molecule has 6 rings (SSSR count). The Hall–Kier alpha value is -2.45. The van der Waals surface area contributed by atoms with Crippen LogP contribution in [-0.4, -0.2) is 54.0 Å². The Bertz CT molecular complexity index is 1190. The van der Waals surface area contributed by atoms with Gasteiger partial charge in [-0.3, -0.25) is 9.69 Å². The Balaban J connectivity index is 1.21. The number of alkyl halides is 2. The van der Waals surface area contributed by atoms with E-state index in [1.54, 1.807) is 6.07 Å². The summed E-state index contributed by atoms with van der Waals surface area (Å²) >= 11 is 0. The van der Waals surface area contributed by atoms with Crippen LogP contribution in [0.1, 0.15) is 74.8 Å². The van der Waals surface area contributed by atoms with Crippen molar-refractivity contribution in [2.24, 2.45) is 0 Å². The zero-order valence-electron chi connectivity index (χ0n) is 22.3. The highest BCUT2D eigenvalue weighted by atomic mass is 19.3. The predicted molar refractivity (Wildman–Crippen MR) is 143 cm³/mol. The lowest BCUT2D eigenvalue weighted by atomic mass is 9.81. The molecular weight excluding hydrogens is 506 g/mol. The van der Waals surface area contributed by atoms with Gasteiger partial charge < -0.3 is 10.6 Å². The van der Waals surface area contributed by atoms with Crippen molar-refractivity contribution in [3.63, 3.8) is 0 Å². The summed E-state index contributed by atoms with van der Waals surface area (Å²) in [5, 5.41) is 6.40. The van der Waals surface area contributed by atoms with Gasteiger partial charge in [-0.05, 0) is 98.2 Å². The van der Waals surface area contributed by atoms with E-state index in [1.165, 1.54) is 18.6 Å². The minimum absolute atomic E-state index is 0.0379. The fourth-order valence-electron chi connectivity index (χ4n) is 7.30. The van der Waals surface area contributed by atoms with Gasteiger partial charge in [0, 0.05) is 37.2 Å². The van der Waals surface area contributed by atoms with Gasteiger partial charge >= 0.3 is 0 Å². The predicted octanol–water partition coefficient (Wildman–Crippen LogP) is 5.94. The molecule has 2 N–H and O–H groups in total. The molecule has 2 aromatic carbocycles. The van der Waals surface area contributed by atoms with Crippen LogP contribution in [0.4, 0.5) is 17.6 Å². The SMILES string of the molecule is O=C(Cc1cccc(-c2cc(F)cc(F)c2)c1C1CC1)N[C@@H]1[C@@H](N2CCC3(CCCN3)CC2)CCCC1(F)F. The van der Waals surface area contributed by atoms with Gasteiger partial charge in [-0.1, -0.05) is 18.2 Å². The number of hydrogen-bond acceptors (Lipinski definition) is 3. The van der Waals surface area contributed by atoms with Crippen LogP contribution in [0.3, 0.4) is 0 Å². The van der Waals surface area contributed by atoms with E-state index in [-0.39, 0.29) is 30.3 Å². The van der Waals surface area contributed by atoms with Crippen molar-refractivity contribution in [3.8, 4) is 11.1 Å². The lowest BCUT2D eigenvalue weighted by Gasteiger charge is -2.48. The average molecular weight is 544 g/mol. The van der Waals surface area contributed by atoms with Crippen LogP contribution in [0.15, 0.2) is 36.4 Å². The molecule has 0 aromatic heterocycles. The second kappa shape index (κ2) is 10.5. The fourth-order valence-corrected chi connectivity index (χ4v) is 7.30. The topological polar surface area (TPSA) is 44.4 Å². The molecule has 39 heavy (non-hydrogen) atoms. The number of rotatable bonds is 6. The number of nitrogens with zero attached hydrogens (tertiary/aromatic N) is 1. The van der Waals surface area contributed by atoms with Crippen molar-refractivity contribution < 1.29 is 22.4 Å². The third-order valence-electron chi connectivity index (χ3n) is 9.43. The van der Waals surface area contributed by atoms with Gasteiger partial charge in [-0.2, -0.15) is 0 Å². The highest BCUT2D eigenvalue weighted by Crippen LogP contribution is 2.46. The molecule has 2 saturated carbocycles. The molecule has 2 aromatic rings. The number of nitrogens with one attached hydrogen (secondary N) is 2. The van der Waals surface area contributed by atoms with Gasteiger partial charge in [-0.25, -0.2) is 17.6 Å². The summed E-state index contributed by atoms with van der Waals surface area (Å²) in [6.45, 7) is 2.55. The van der Waals surface area contributed by atoms with E-state index in [0.29, 0.717) is 24.0 Å². The van der Waals surface area contributed by atoms with E-state index in [0.717, 1.165) is 68.9 Å². The third-order valence-corrected chi connectivity index (χ3v) is 9.43. The zero-order valence-corrected chi connectivity index (χ0v) is 22.3. The maximum atomic E-state index is 15.3. The molecule has 2 aliphatic carbocycles. The number of piperidine rings is 1. The second-order valence-electron chi connectivity index (χ2n) is 12.1. The number of carbonyl (C=O) groups is 1. The molecule has 0 unspecified atom stereocenters. The van der Waals surface area contributed by atoms with Crippen LogP contribution in [0.25, 0.3) is 11.1 Å². The van der Waals surface area contributed by atoms with E-state index >= 15 is 8.78 Å². The molecule has 4 nitrogen and oxygen atoms in total. The first kappa shape index (κ1) is 26.8. The number of amides is 1. The summed E-state index contributed by atoms with van der Waals surface area (Å²) in [6.07, 6.45) is 6.91. The van der Waals surface area contributed by atoms with E-state index in [4.69, 9.17) is 0 Å². The molecule has 1 spiro atoms. The standard InChI is InChI=1S/C31H37F4N3O/c32-23-16-22(17-24(33)19-23)25-5-1-4-21(28(25)20-7-8-20)18-27(39)37-29-26(6-2-10-31(29,34)35)38-14-11-30(12-15-38)9-3-13-36-30/h1,4-5,16-17,19-20,26,29,36H,2-3,6-15,18H2,(H,37,39)/t26-,29+/m0/s1. The maximum absolute atomic E-state index is 15.3. The first-order chi connectivity index (χ1) is 18.7. The van der Waals surface area contributed by atoms with Crippen molar-refractivity contribution in [1.29, 1.82) is 0 Å². The molecule has 2 atom stereocenters. The Morgan fingerprint density at radius 3 is 2.38 bits per heavy atom. The van der Waals surface area contributed by atoms with E-state index in [2.05, 4.69) is 15.5 Å². The molecule has 210 valence electrons. The zero-order chi connectivity index (χ0) is 27.2. The van der Waals surface area contributed by atoms with Gasteiger partial charge in [0.2, 0.25) is 5.91 Å². The van der Waals surface area contributed by atoms with Crippen molar-refractivity contribution in [2.45, 2.75) is 93.7 Å². The molecular formula is C31H37F4N3O. The summed E-state index contributed by atoms with van der Waals surface area (Å²) in [6, 6.07) is 7.24. The van der Waals surface area contributed by atoms with Crippen LogP contribution in [0, 0.1) is 11.6 Å². The summed E-state index contributed by atoms with van der Waals surface area (Å²) in [7, 11) is 0. The van der Waals surface area contributed by atoms with Crippen molar-refractivity contribution in [2.75, 3.05) is 19.6 Å². The molecule has 1 amide bonds. The van der Waals surface area contributed by atoms with Crippen LogP contribution in [0.2, 0.25) is 0 Å². The molecule has 0 radical (unpaired) electrons. The van der Waals surface area contributed by atoms with Crippen LogP contribution in [-0.2, 0) is 11.2 Å². The summed E-state index contributed by atoms with van der Waals surface area (Å²) in [5.41, 5.74) is 2.91. The van der Waals surface area contributed by atoms with Gasteiger partial charge in [0.15, 0.2) is 0 Å². The second-order valence-corrected chi connectivity index (χ2v) is 12.1.